The fraction of sp³-hybridized carbons (Fsp3) is 0.524. The number of urea groups is 1. The van der Waals surface area contributed by atoms with Crippen molar-refractivity contribution in [1.29, 1.82) is 0 Å². The molecule has 2 aliphatic heterocycles. The van der Waals surface area contributed by atoms with Crippen LogP contribution < -0.4 is 10.2 Å². The van der Waals surface area contributed by atoms with Crippen LogP contribution in [-0.4, -0.2) is 53.3 Å². The number of likely N-dealkylation sites (tertiary alicyclic amines) is 1. The molecule has 0 aliphatic carbocycles. The summed E-state index contributed by atoms with van der Waals surface area (Å²) < 4.78 is 10.8. The number of ether oxygens (including phenoxy) is 1. The summed E-state index contributed by atoms with van der Waals surface area (Å²) in [5.41, 5.74) is 1.16. The van der Waals surface area contributed by atoms with E-state index < -0.39 is 11.6 Å². The number of carbonyl (C=O) groups excluding carboxylic acids is 3. The van der Waals surface area contributed by atoms with E-state index in [2.05, 4.69) is 10.5 Å². The number of hydrogen-bond acceptors (Lipinski definition) is 6. The van der Waals surface area contributed by atoms with Gasteiger partial charge in [-0.3, -0.25) is 15.0 Å². The molecule has 1 aromatic carbocycles. The molecular weight excluding hydrogens is 388 g/mol. The molecule has 0 saturated carbocycles. The molecule has 1 aromatic heterocycles. The molecule has 1 unspecified atom stereocenters. The summed E-state index contributed by atoms with van der Waals surface area (Å²) in [4.78, 5) is 39.1. The Labute approximate surface area is 174 Å². The lowest BCUT2D eigenvalue weighted by Crippen LogP contribution is -2.49. The number of hydrogen-bond donors (Lipinski definition) is 1. The van der Waals surface area contributed by atoms with Crippen molar-refractivity contribution in [1.82, 2.24) is 15.4 Å². The Morgan fingerprint density at radius 1 is 1.30 bits per heavy atom. The molecule has 2 fully saturated rings. The predicted molar refractivity (Wildman–Crippen MR) is 109 cm³/mol. The quantitative estimate of drug-likeness (QED) is 0.828. The molecule has 9 nitrogen and oxygen atoms in total. The van der Waals surface area contributed by atoms with Gasteiger partial charge < -0.3 is 14.2 Å². The topological polar surface area (TPSA) is 105 Å². The van der Waals surface area contributed by atoms with Crippen molar-refractivity contribution in [2.45, 2.75) is 45.6 Å². The lowest BCUT2D eigenvalue weighted by atomic mass is 9.98. The third-order valence-corrected chi connectivity index (χ3v) is 5.29. The molecule has 0 spiro atoms. The normalized spacial score (nSPS) is 20.0. The summed E-state index contributed by atoms with van der Waals surface area (Å²) in [6.07, 6.45) is 1.66. The van der Waals surface area contributed by atoms with E-state index in [0.717, 1.165) is 23.8 Å². The summed E-state index contributed by atoms with van der Waals surface area (Å²) in [5, 5.41) is 7.09. The van der Waals surface area contributed by atoms with E-state index in [4.69, 9.17) is 9.26 Å². The molecule has 2 saturated heterocycles. The number of benzene rings is 1. The van der Waals surface area contributed by atoms with Crippen LogP contribution in [0.25, 0.3) is 11.0 Å². The molecule has 4 rings (SSSR count). The average molecular weight is 414 g/mol. The molecule has 2 aliphatic rings. The van der Waals surface area contributed by atoms with Gasteiger partial charge in [-0.25, -0.2) is 9.59 Å². The van der Waals surface area contributed by atoms with Crippen LogP contribution in [0.2, 0.25) is 0 Å². The standard InChI is InChI=1S/C21H26N4O5/c1-21(2,3)29-20(28)24-8-6-14(12-24)10-13-4-5-16-15(11-13)18(23-30-16)25-9-7-17(26)22-19(25)27/h4-5,11,14H,6-10,12H2,1-3H3,(H,22,26,27). The number of rotatable bonds is 3. The lowest BCUT2D eigenvalue weighted by molar-refractivity contribution is -0.120. The molecule has 4 amide bonds. The smallest absolute Gasteiger partial charge is 0.410 e. The summed E-state index contributed by atoms with van der Waals surface area (Å²) >= 11 is 0. The lowest BCUT2D eigenvalue weighted by Gasteiger charge is -2.24. The fourth-order valence-corrected chi connectivity index (χ4v) is 3.89. The number of imide groups is 1. The first-order valence-electron chi connectivity index (χ1n) is 10.2. The number of aromatic nitrogens is 1. The zero-order valence-corrected chi connectivity index (χ0v) is 17.4. The Hall–Kier alpha value is -3.10. The highest BCUT2D eigenvalue weighted by atomic mass is 16.6. The second-order valence-corrected chi connectivity index (χ2v) is 8.88. The number of nitrogens with zero attached hydrogens (tertiary/aromatic N) is 3. The molecule has 3 heterocycles. The molecule has 2 aromatic rings. The van der Waals surface area contributed by atoms with E-state index in [1.54, 1.807) is 4.90 Å². The van der Waals surface area contributed by atoms with Gasteiger partial charge in [0, 0.05) is 26.1 Å². The minimum absolute atomic E-state index is 0.225. The van der Waals surface area contributed by atoms with Crippen molar-refractivity contribution >= 4 is 34.8 Å². The van der Waals surface area contributed by atoms with E-state index in [9.17, 15) is 14.4 Å². The monoisotopic (exact) mass is 414 g/mol. The molecule has 1 N–H and O–H groups in total. The van der Waals surface area contributed by atoms with E-state index in [1.165, 1.54) is 4.90 Å². The van der Waals surface area contributed by atoms with Crippen molar-refractivity contribution in [2.75, 3.05) is 24.5 Å². The van der Waals surface area contributed by atoms with E-state index in [-0.39, 0.29) is 25.0 Å². The molecule has 9 heteroatoms. The zero-order valence-electron chi connectivity index (χ0n) is 17.4. The molecular formula is C21H26N4O5. The van der Waals surface area contributed by atoms with Crippen molar-refractivity contribution in [3.05, 3.63) is 23.8 Å². The molecule has 0 bridgehead atoms. The van der Waals surface area contributed by atoms with Crippen LogP contribution in [0.3, 0.4) is 0 Å². The van der Waals surface area contributed by atoms with Crippen molar-refractivity contribution in [3.63, 3.8) is 0 Å². The molecule has 160 valence electrons. The van der Waals surface area contributed by atoms with E-state index in [1.807, 2.05) is 39.0 Å². The highest BCUT2D eigenvalue weighted by Crippen LogP contribution is 2.30. The SMILES string of the molecule is CC(C)(C)OC(=O)N1CCC(Cc2ccc3onc(N4CCC(=O)NC4=O)c3c2)C1. The van der Waals surface area contributed by atoms with Gasteiger partial charge in [-0.15, -0.1) is 0 Å². The fourth-order valence-electron chi connectivity index (χ4n) is 3.89. The number of carbonyl (C=O) groups is 3. The third kappa shape index (κ3) is 4.24. The van der Waals surface area contributed by atoms with Crippen LogP contribution >= 0.6 is 0 Å². The van der Waals surface area contributed by atoms with Crippen LogP contribution in [0.15, 0.2) is 22.7 Å². The Balaban J connectivity index is 1.46. The van der Waals surface area contributed by atoms with Gasteiger partial charge in [0.25, 0.3) is 0 Å². The molecule has 1 atom stereocenters. The first-order valence-corrected chi connectivity index (χ1v) is 10.2. The van der Waals surface area contributed by atoms with Gasteiger partial charge in [0.05, 0.1) is 5.39 Å². The average Bonchev–Trinajstić information content (AvgIpc) is 3.28. The van der Waals surface area contributed by atoms with Crippen molar-refractivity contribution in [2.24, 2.45) is 5.92 Å². The van der Waals surface area contributed by atoms with Gasteiger partial charge in [0.1, 0.15) is 5.60 Å². The second-order valence-electron chi connectivity index (χ2n) is 8.88. The number of fused-ring (bicyclic) bond motifs is 1. The van der Waals surface area contributed by atoms with Crippen molar-refractivity contribution in [3.8, 4) is 0 Å². The van der Waals surface area contributed by atoms with Gasteiger partial charge in [-0.1, -0.05) is 11.2 Å². The summed E-state index contributed by atoms with van der Waals surface area (Å²) in [6.45, 7) is 7.19. The molecule has 30 heavy (non-hydrogen) atoms. The van der Waals surface area contributed by atoms with Gasteiger partial charge in [0.2, 0.25) is 5.91 Å². The van der Waals surface area contributed by atoms with Gasteiger partial charge in [-0.2, -0.15) is 0 Å². The van der Waals surface area contributed by atoms with E-state index in [0.29, 0.717) is 30.4 Å². The minimum Gasteiger partial charge on any atom is -0.444 e. The number of anilines is 1. The minimum atomic E-state index is -0.504. The largest absolute Gasteiger partial charge is 0.444 e. The highest BCUT2D eigenvalue weighted by Gasteiger charge is 2.31. The van der Waals surface area contributed by atoms with Crippen LogP contribution in [0.1, 0.15) is 39.2 Å². The van der Waals surface area contributed by atoms with Crippen molar-refractivity contribution < 1.29 is 23.6 Å². The van der Waals surface area contributed by atoms with E-state index >= 15 is 0 Å². The first-order chi connectivity index (χ1) is 14.2. The molecule has 0 radical (unpaired) electrons. The Morgan fingerprint density at radius 2 is 2.10 bits per heavy atom. The number of nitrogens with one attached hydrogen (secondary N) is 1. The van der Waals surface area contributed by atoms with Crippen LogP contribution in [0.5, 0.6) is 0 Å². The maximum absolute atomic E-state index is 12.3. The van der Waals surface area contributed by atoms with Gasteiger partial charge >= 0.3 is 12.1 Å². The Bertz CT molecular complexity index is 993. The Kier molecular flexibility index (Phi) is 5.13. The highest BCUT2D eigenvalue weighted by molar-refractivity contribution is 6.08. The Morgan fingerprint density at radius 3 is 2.83 bits per heavy atom. The third-order valence-electron chi connectivity index (χ3n) is 5.29. The summed E-state index contributed by atoms with van der Waals surface area (Å²) in [7, 11) is 0. The van der Waals surface area contributed by atoms with Crippen LogP contribution in [-0.2, 0) is 16.0 Å². The maximum atomic E-state index is 12.3. The van der Waals surface area contributed by atoms with Gasteiger partial charge in [0.15, 0.2) is 11.4 Å². The summed E-state index contributed by atoms with van der Waals surface area (Å²) in [5.74, 6) is 0.452. The van der Waals surface area contributed by atoms with Crippen LogP contribution in [0.4, 0.5) is 15.4 Å². The van der Waals surface area contributed by atoms with Gasteiger partial charge in [-0.05, 0) is 57.2 Å². The maximum Gasteiger partial charge on any atom is 0.410 e. The number of amides is 4. The first kappa shape index (κ1) is 20.2. The predicted octanol–water partition coefficient (Wildman–Crippen LogP) is 3.07. The zero-order chi connectivity index (χ0) is 21.5. The second kappa shape index (κ2) is 7.62. The summed E-state index contributed by atoms with van der Waals surface area (Å²) in [6, 6.07) is 5.30. The van der Waals surface area contributed by atoms with Crippen LogP contribution in [0, 0.1) is 5.92 Å².